The van der Waals surface area contributed by atoms with Crippen molar-refractivity contribution >= 4 is 42.5 Å². The number of hydrogen-bond donors (Lipinski definition) is 2. The number of nitrogens with zero attached hydrogens (tertiary/aromatic N) is 5. The second kappa shape index (κ2) is 45.5. The van der Waals surface area contributed by atoms with Gasteiger partial charge in [0.15, 0.2) is 23.0 Å². The van der Waals surface area contributed by atoms with Crippen molar-refractivity contribution in [1.82, 2.24) is 24.5 Å². The zero-order chi connectivity index (χ0) is 99.7. The number of carbonyl (C=O) groups excluding carboxylic acids is 2. The van der Waals surface area contributed by atoms with Crippen LogP contribution < -0.4 is 23.7 Å². The van der Waals surface area contributed by atoms with E-state index < -0.39 is 41.6 Å². The van der Waals surface area contributed by atoms with E-state index in [1.165, 1.54) is 45.0 Å². The van der Waals surface area contributed by atoms with Crippen LogP contribution in [0, 0.1) is 20.8 Å². The van der Waals surface area contributed by atoms with Crippen molar-refractivity contribution in [2.75, 3.05) is 114 Å². The summed E-state index contributed by atoms with van der Waals surface area (Å²) < 4.78 is 162. The molecule has 2 amide bonds. The summed E-state index contributed by atoms with van der Waals surface area (Å²) >= 11 is 0. The number of phenols is 2. The van der Waals surface area contributed by atoms with Gasteiger partial charge in [0.2, 0.25) is 6.79 Å². The fourth-order valence-corrected chi connectivity index (χ4v) is 23.8. The number of ether oxygens (including phenoxy) is 12. The fraction of sp³-hybridized carbons (Fsp3) is 0.533. The molecule has 0 bridgehead atoms. The van der Waals surface area contributed by atoms with E-state index in [-0.39, 0.29) is 144 Å². The molecular weight excluding hydrogens is 1850 g/mol. The van der Waals surface area contributed by atoms with Crippen LogP contribution in [-0.4, -0.2) is 276 Å². The molecule has 0 unspecified atom stereocenters. The number of carbonyl (C=O) groups is 2. The molecule has 0 saturated carbocycles. The summed E-state index contributed by atoms with van der Waals surface area (Å²) in [5, 5.41) is 19.7. The Kier molecular flexibility index (Phi) is 34.0. The van der Waals surface area contributed by atoms with Gasteiger partial charge >= 0.3 is 12.2 Å². The second-order valence-electron chi connectivity index (χ2n) is 39.9. The van der Waals surface area contributed by atoms with E-state index in [4.69, 9.17) is 69.4 Å². The maximum absolute atomic E-state index is 12.6. The number of rotatable bonds is 21. The number of fused-ring (bicyclic) bond motifs is 12. The zero-order valence-corrected chi connectivity index (χ0v) is 85.7. The van der Waals surface area contributed by atoms with Crippen molar-refractivity contribution in [2.24, 2.45) is 0 Å². The molecule has 2 N–H and O–H groups in total. The van der Waals surface area contributed by atoms with E-state index >= 15 is 0 Å². The summed E-state index contributed by atoms with van der Waals surface area (Å²) in [5.74, 6) is 4.10. The Morgan fingerprint density at radius 3 is 1.05 bits per heavy atom. The van der Waals surface area contributed by atoms with Crippen LogP contribution in [0.15, 0.2) is 166 Å². The average Bonchev–Trinajstić information content (AvgIpc) is 1.59. The third-order valence-corrected chi connectivity index (χ3v) is 31.5. The van der Waals surface area contributed by atoms with E-state index in [1.807, 2.05) is 110 Å². The largest absolute Gasteiger partial charge is 0.504 e. The van der Waals surface area contributed by atoms with Gasteiger partial charge in [-0.2, -0.15) is 25.3 Å². The van der Waals surface area contributed by atoms with Gasteiger partial charge < -0.3 is 67.1 Å². The van der Waals surface area contributed by atoms with Gasteiger partial charge in [-0.1, -0.05) is 122 Å². The van der Waals surface area contributed by atoms with Crippen LogP contribution in [-0.2, 0) is 140 Å². The molecule has 6 aliphatic heterocycles. The summed E-state index contributed by atoms with van der Waals surface area (Å²) in [6, 6.07) is 46.7. The highest BCUT2D eigenvalue weighted by molar-refractivity contribution is 7.87. The van der Waals surface area contributed by atoms with Crippen LogP contribution >= 0.6 is 0 Å². The molecule has 33 heteroatoms. The Morgan fingerprint density at radius 1 is 0.386 bits per heavy atom. The molecule has 30 nitrogen and oxygen atoms in total. The van der Waals surface area contributed by atoms with Gasteiger partial charge in [-0.05, 0) is 245 Å². The molecule has 8 aromatic rings. The third-order valence-electron chi connectivity index (χ3n) is 27.7. The van der Waals surface area contributed by atoms with E-state index in [0.29, 0.717) is 64.3 Å². The maximum atomic E-state index is 12.6. The van der Waals surface area contributed by atoms with E-state index in [1.54, 1.807) is 105 Å². The van der Waals surface area contributed by atoms with Gasteiger partial charge in [-0.25, -0.2) is 9.59 Å². The van der Waals surface area contributed by atoms with Crippen LogP contribution in [0.4, 0.5) is 9.59 Å². The molecule has 140 heavy (non-hydrogen) atoms. The summed E-state index contributed by atoms with van der Waals surface area (Å²) in [6.07, 6.45) is 8.84. The molecule has 0 aromatic heterocycles. The first-order valence-electron chi connectivity index (χ1n) is 49.1. The molecule has 13 atom stereocenters. The molecule has 5 saturated heterocycles. The standard InChI is InChI=1S/3C24H31NO5S.C18H23NO5.C17H23NO5/c3*1-4-12-25-15-19(16-29-31(26,27)20-10-8-17(2)9-11-20)30-24-14-21-18(13-22(24)25)6-5-7-23(21)28-3;1-18(2,3)24-17(20)19-6-7-21-15-9-12-11(8-13(15)19)4-5-14-16(12)23-10-22-14;1-17(2,3)23-16(21)18-6-7-22-14-9-11-10(8-12(14)18)4-5-13(19)15(11)20/h3*5-11,19,22,24H,4,12-16H2,1-3H3;4-5,13,15H,6-10H2,1-3H3;4-5,12,14,19-20H,6-9H2,1-3H3/t2*19-,22+,24+;19-,22-,24-;13-,15-;12-,14-/m10011/s1. The molecule has 19 rings (SSSR count). The average molecular weight is 1990 g/mol. The van der Waals surface area contributed by atoms with Crippen molar-refractivity contribution in [1.29, 1.82) is 0 Å². The van der Waals surface area contributed by atoms with Crippen LogP contribution in [0.3, 0.4) is 0 Å². The van der Waals surface area contributed by atoms with Gasteiger partial charge in [0.25, 0.3) is 30.4 Å². The molecule has 8 aromatic carbocycles. The number of morpholine rings is 5. The minimum absolute atomic E-state index is 0.00136. The summed E-state index contributed by atoms with van der Waals surface area (Å²) in [6.45, 7) is 30.6. The van der Waals surface area contributed by atoms with Crippen molar-refractivity contribution < 1.29 is 114 Å². The molecule has 0 spiro atoms. The third kappa shape index (κ3) is 25.2. The van der Waals surface area contributed by atoms with E-state index in [0.717, 1.165) is 147 Å². The Morgan fingerprint density at radius 2 is 0.707 bits per heavy atom. The van der Waals surface area contributed by atoms with Crippen molar-refractivity contribution in [3.63, 3.8) is 0 Å². The quantitative estimate of drug-likeness (QED) is 0.0498. The lowest BCUT2D eigenvalue weighted by Gasteiger charge is -2.47. The Balaban J connectivity index is 0.000000133. The van der Waals surface area contributed by atoms with Gasteiger partial charge in [-0.15, -0.1) is 0 Å². The van der Waals surface area contributed by atoms with Gasteiger partial charge in [0, 0.05) is 94.1 Å². The fourth-order valence-electron chi connectivity index (χ4n) is 21.0. The summed E-state index contributed by atoms with van der Waals surface area (Å²) in [4.78, 5) is 36.4. The topological polar surface area (TPSA) is 332 Å². The highest BCUT2D eigenvalue weighted by atomic mass is 32.2. The molecule has 0 radical (unpaired) electrons. The minimum atomic E-state index is -3.81. The number of aryl methyl sites for hydroxylation is 3. The first kappa shape index (κ1) is 105. The first-order chi connectivity index (χ1) is 66.9. The second-order valence-corrected chi connectivity index (χ2v) is 44.7. The van der Waals surface area contributed by atoms with Crippen molar-refractivity contribution in [2.45, 2.75) is 271 Å². The number of phenolic OH excluding ortho intramolecular Hbond substituents is 2. The van der Waals surface area contributed by atoms with Crippen molar-refractivity contribution in [3.8, 4) is 40.2 Å². The summed E-state index contributed by atoms with van der Waals surface area (Å²) in [7, 11) is -6.36. The monoisotopic (exact) mass is 1990 g/mol. The zero-order valence-electron chi connectivity index (χ0n) is 83.3. The number of methoxy groups -OCH3 is 3. The van der Waals surface area contributed by atoms with Crippen molar-refractivity contribution in [3.05, 3.63) is 224 Å². The molecule has 11 aliphatic rings. The summed E-state index contributed by atoms with van der Waals surface area (Å²) in [5.41, 5.74) is 13.5. The van der Waals surface area contributed by atoms with Crippen LogP contribution in [0.25, 0.3) is 0 Å². The molecule has 5 fully saturated rings. The SMILES string of the molecule is CC(C)(C)OC(=O)N1CCO[C@@H]2Cc3c(ccc(O)c3O)C[C@H]21.CC(C)(C)OC(=O)N1CCO[C@@H]2Cc3c(ccc4c3OCO4)C[C@H]21.CCCN1C[C@@H](COS(=O)(=O)c2ccc(C)cc2)O[C@@H]2Cc3c(cccc3OC)C[C@H]21.CCCN1C[C@@H](COS(=O)(=O)c2ccc(C)cc2)O[C@H]2Cc3c(cccc3OC)C[C@@H]21.CCCN1C[C@H](COS(=O)(=O)c2ccc(C)cc2)O[C@H]2Cc3c(cccc3OC)C[C@@H]21. The number of aromatic hydroxyl groups is 2. The molecular formula is C107H139N5O25S3. The lowest BCUT2D eigenvalue weighted by atomic mass is 9.83. The predicted octanol–water partition coefficient (Wildman–Crippen LogP) is 14.8. The van der Waals surface area contributed by atoms with E-state index in [2.05, 4.69) is 59.7 Å². The lowest BCUT2D eigenvalue weighted by Crippen LogP contribution is -2.59. The highest BCUT2D eigenvalue weighted by Crippen LogP contribution is 2.46. The van der Waals surface area contributed by atoms with Crippen LogP contribution in [0.1, 0.15) is 154 Å². The Labute approximate surface area is 825 Å². The Bertz CT molecular complexity index is 5570. The van der Waals surface area contributed by atoms with Gasteiger partial charge in [-0.3, -0.25) is 37.0 Å². The molecule has 6 heterocycles. The van der Waals surface area contributed by atoms with Crippen LogP contribution in [0.5, 0.6) is 40.2 Å². The smallest absolute Gasteiger partial charge is 0.410 e. The maximum Gasteiger partial charge on any atom is 0.410 e. The van der Waals surface area contributed by atoms with Crippen LogP contribution in [0.2, 0.25) is 0 Å². The van der Waals surface area contributed by atoms with Gasteiger partial charge in [0.1, 0.15) is 28.5 Å². The molecule has 760 valence electrons. The lowest BCUT2D eigenvalue weighted by molar-refractivity contribution is -0.132. The minimum Gasteiger partial charge on any atom is -0.504 e. The number of amides is 2. The first-order valence-corrected chi connectivity index (χ1v) is 53.3. The molecule has 5 aliphatic carbocycles. The number of hydrogen-bond acceptors (Lipinski definition) is 28. The highest BCUT2D eigenvalue weighted by Gasteiger charge is 2.48. The van der Waals surface area contributed by atoms with E-state index in [9.17, 15) is 45.1 Å². The van der Waals surface area contributed by atoms with Gasteiger partial charge in [0.05, 0.1) is 130 Å². The predicted molar refractivity (Wildman–Crippen MR) is 527 cm³/mol. The number of benzene rings is 8. The normalized spacial score (nSPS) is 24.0. The Hall–Kier alpha value is -9.69.